The lowest BCUT2D eigenvalue weighted by atomic mass is 10.1. The van der Waals surface area contributed by atoms with Crippen molar-refractivity contribution in [3.63, 3.8) is 0 Å². The Balaban J connectivity index is 2.02. The lowest BCUT2D eigenvalue weighted by Crippen LogP contribution is -2.25. The molecule has 1 N–H and O–H groups in total. The number of halogens is 2. The molecule has 2 rings (SSSR count). The smallest absolute Gasteiger partial charge is 0.229 e. The molecule has 0 aliphatic rings. The summed E-state index contributed by atoms with van der Waals surface area (Å²) >= 11 is 11.7. The van der Waals surface area contributed by atoms with E-state index in [-0.39, 0.29) is 11.8 Å². The van der Waals surface area contributed by atoms with Crippen LogP contribution in [0.5, 0.6) is 0 Å². The second kappa shape index (κ2) is 6.29. The third-order valence-corrected chi connectivity index (χ3v) is 3.40. The molecule has 2 aromatic rings. The van der Waals surface area contributed by atoms with E-state index in [1.54, 1.807) is 29.2 Å². The molecule has 0 saturated heterocycles. The number of benzene rings is 1. The Kier molecular flexibility index (Phi) is 4.68. The van der Waals surface area contributed by atoms with Crippen LogP contribution in [0.25, 0.3) is 0 Å². The van der Waals surface area contributed by atoms with Gasteiger partial charge in [0.25, 0.3) is 0 Å². The SMILES string of the molecule is Cc1ccc(Cl)cc1NC(=O)C(C)Cn1cc(Cl)cn1. The Bertz CT molecular complexity index is 625. The van der Waals surface area contributed by atoms with Gasteiger partial charge in [-0.3, -0.25) is 9.48 Å². The molecule has 1 amide bonds. The first-order valence-electron chi connectivity index (χ1n) is 6.20. The Morgan fingerprint density at radius 3 is 2.80 bits per heavy atom. The van der Waals surface area contributed by atoms with Crippen molar-refractivity contribution in [3.8, 4) is 0 Å². The van der Waals surface area contributed by atoms with Gasteiger partial charge < -0.3 is 5.32 Å². The van der Waals surface area contributed by atoms with Crippen molar-refractivity contribution < 1.29 is 4.79 Å². The molecule has 0 radical (unpaired) electrons. The van der Waals surface area contributed by atoms with Crippen molar-refractivity contribution in [2.75, 3.05) is 5.32 Å². The largest absolute Gasteiger partial charge is 0.326 e. The number of hydrogen-bond donors (Lipinski definition) is 1. The lowest BCUT2D eigenvalue weighted by Gasteiger charge is -2.14. The van der Waals surface area contributed by atoms with Gasteiger partial charge in [0.15, 0.2) is 0 Å². The molecule has 1 aromatic heterocycles. The number of carbonyl (C=O) groups excluding carboxylic acids is 1. The first kappa shape index (κ1) is 14.9. The quantitative estimate of drug-likeness (QED) is 0.934. The van der Waals surface area contributed by atoms with E-state index in [9.17, 15) is 4.79 Å². The van der Waals surface area contributed by atoms with Gasteiger partial charge >= 0.3 is 0 Å². The summed E-state index contributed by atoms with van der Waals surface area (Å²) < 4.78 is 1.65. The molecular formula is C14H15Cl2N3O. The summed E-state index contributed by atoms with van der Waals surface area (Å²) in [5.74, 6) is -0.314. The molecular weight excluding hydrogens is 297 g/mol. The van der Waals surface area contributed by atoms with Crippen LogP contribution in [0.15, 0.2) is 30.6 Å². The van der Waals surface area contributed by atoms with Gasteiger partial charge in [-0.15, -0.1) is 0 Å². The Morgan fingerprint density at radius 1 is 1.40 bits per heavy atom. The highest BCUT2D eigenvalue weighted by molar-refractivity contribution is 6.31. The van der Waals surface area contributed by atoms with Crippen molar-refractivity contribution in [2.24, 2.45) is 5.92 Å². The van der Waals surface area contributed by atoms with Gasteiger partial charge in [0.1, 0.15) is 0 Å². The van der Waals surface area contributed by atoms with Gasteiger partial charge in [-0.25, -0.2) is 0 Å². The van der Waals surface area contributed by atoms with Crippen LogP contribution in [0, 0.1) is 12.8 Å². The maximum Gasteiger partial charge on any atom is 0.229 e. The number of hydrogen-bond acceptors (Lipinski definition) is 2. The third-order valence-electron chi connectivity index (χ3n) is 2.97. The Hall–Kier alpha value is -1.52. The minimum Gasteiger partial charge on any atom is -0.326 e. The van der Waals surface area contributed by atoms with Gasteiger partial charge in [0.2, 0.25) is 5.91 Å². The highest BCUT2D eigenvalue weighted by Crippen LogP contribution is 2.21. The predicted octanol–water partition coefficient (Wildman–Crippen LogP) is 3.77. The molecule has 4 nitrogen and oxygen atoms in total. The van der Waals surface area contributed by atoms with Crippen molar-refractivity contribution in [1.29, 1.82) is 0 Å². The molecule has 0 aliphatic heterocycles. The zero-order valence-electron chi connectivity index (χ0n) is 11.2. The summed E-state index contributed by atoms with van der Waals surface area (Å²) in [5.41, 5.74) is 1.70. The first-order chi connectivity index (χ1) is 9.45. The molecule has 1 heterocycles. The Labute approximate surface area is 127 Å². The fourth-order valence-corrected chi connectivity index (χ4v) is 2.11. The summed E-state index contributed by atoms with van der Waals surface area (Å²) in [6.07, 6.45) is 3.24. The van der Waals surface area contributed by atoms with Crippen molar-refractivity contribution >= 4 is 34.8 Å². The van der Waals surface area contributed by atoms with Gasteiger partial charge in [-0.05, 0) is 24.6 Å². The van der Waals surface area contributed by atoms with Gasteiger partial charge in [0, 0.05) is 16.9 Å². The van der Waals surface area contributed by atoms with E-state index in [4.69, 9.17) is 23.2 Å². The number of carbonyl (C=O) groups is 1. The van der Waals surface area contributed by atoms with Crippen molar-refractivity contribution in [2.45, 2.75) is 20.4 Å². The van der Waals surface area contributed by atoms with E-state index in [1.165, 1.54) is 0 Å². The van der Waals surface area contributed by atoms with E-state index in [0.717, 1.165) is 11.3 Å². The van der Waals surface area contributed by atoms with Crippen LogP contribution in [0.2, 0.25) is 10.0 Å². The normalized spacial score (nSPS) is 12.2. The van der Waals surface area contributed by atoms with Crippen LogP contribution < -0.4 is 5.32 Å². The van der Waals surface area contributed by atoms with Crippen LogP contribution >= 0.6 is 23.2 Å². The number of anilines is 1. The van der Waals surface area contributed by atoms with Crippen LogP contribution in [-0.4, -0.2) is 15.7 Å². The lowest BCUT2D eigenvalue weighted by molar-refractivity contribution is -0.119. The maximum atomic E-state index is 12.2. The summed E-state index contributed by atoms with van der Waals surface area (Å²) in [4.78, 5) is 12.2. The first-order valence-corrected chi connectivity index (χ1v) is 6.96. The van der Waals surface area contributed by atoms with Crippen LogP contribution in [-0.2, 0) is 11.3 Å². The van der Waals surface area contributed by atoms with E-state index in [2.05, 4.69) is 10.4 Å². The van der Waals surface area contributed by atoms with Gasteiger partial charge in [-0.1, -0.05) is 36.2 Å². The minimum absolute atomic E-state index is 0.0815. The van der Waals surface area contributed by atoms with E-state index < -0.39 is 0 Å². The monoisotopic (exact) mass is 311 g/mol. The van der Waals surface area contributed by atoms with E-state index in [1.807, 2.05) is 19.9 Å². The molecule has 0 aliphatic carbocycles. The van der Waals surface area contributed by atoms with Crippen molar-refractivity contribution in [3.05, 3.63) is 46.2 Å². The molecule has 1 atom stereocenters. The van der Waals surface area contributed by atoms with Crippen molar-refractivity contribution in [1.82, 2.24) is 9.78 Å². The van der Waals surface area contributed by atoms with Crippen LogP contribution in [0.4, 0.5) is 5.69 Å². The molecule has 0 spiro atoms. The number of nitrogens with one attached hydrogen (secondary N) is 1. The van der Waals surface area contributed by atoms with Gasteiger partial charge in [0.05, 0.1) is 23.7 Å². The number of aryl methyl sites for hydroxylation is 1. The highest BCUT2D eigenvalue weighted by Gasteiger charge is 2.15. The predicted molar refractivity (Wildman–Crippen MR) is 81.2 cm³/mol. The number of nitrogens with zero attached hydrogens (tertiary/aromatic N) is 2. The second-order valence-corrected chi connectivity index (χ2v) is 5.60. The minimum atomic E-state index is -0.232. The number of rotatable bonds is 4. The zero-order chi connectivity index (χ0) is 14.7. The molecule has 0 bridgehead atoms. The fraction of sp³-hybridized carbons (Fsp3) is 0.286. The molecule has 6 heteroatoms. The van der Waals surface area contributed by atoms with Crippen LogP contribution in [0.3, 0.4) is 0 Å². The summed E-state index contributed by atoms with van der Waals surface area (Å²) in [6.45, 7) is 4.23. The third kappa shape index (κ3) is 3.74. The maximum absolute atomic E-state index is 12.2. The average Bonchev–Trinajstić information content (AvgIpc) is 2.79. The molecule has 1 unspecified atom stereocenters. The topological polar surface area (TPSA) is 46.9 Å². The van der Waals surface area contributed by atoms with E-state index >= 15 is 0 Å². The Morgan fingerprint density at radius 2 is 2.15 bits per heavy atom. The number of aromatic nitrogens is 2. The van der Waals surface area contributed by atoms with Gasteiger partial charge in [-0.2, -0.15) is 5.10 Å². The second-order valence-electron chi connectivity index (χ2n) is 4.73. The zero-order valence-corrected chi connectivity index (χ0v) is 12.7. The fourth-order valence-electron chi connectivity index (χ4n) is 1.79. The molecule has 0 fully saturated rings. The van der Waals surface area contributed by atoms with E-state index in [0.29, 0.717) is 16.6 Å². The molecule has 0 saturated carbocycles. The molecule has 20 heavy (non-hydrogen) atoms. The molecule has 1 aromatic carbocycles. The van der Waals surface area contributed by atoms with Crippen LogP contribution in [0.1, 0.15) is 12.5 Å². The highest BCUT2D eigenvalue weighted by atomic mass is 35.5. The average molecular weight is 312 g/mol. The molecule has 106 valence electrons. The summed E-state index contributed by atoms with van der Waals surface area (Å²) in [5, 5.41) is 8.09. The number of amides is 1. The summed E-state index contributed by atoms with van der Waals surface area (Å²) in [6, 6.07) is 5.41. The standard InChI is InChI=1S/C14H15Cl2N3O/c1-9-3-4-11(15)5-13(9)18-14(20)10(2)7-19-8-12(16)6-17-19/h3-6,8,10H,7H2,1-2H3,(H,18,20). The summed E-state index contributed by atoms with van der Waals surface area (Å²) in [7, 11) is 0.